The molecule has 2 aliphatic rings. The van der Waals surface area contributed by atoms with Crippen LogP contribution in [-0.2, 0) is 11.3 Å². The molecule has 0 bridgehead atoms. The van der Waals surface area contributed by atoms with E-state index in [2.05, 4.69) is 29.5 Å². The van der Waals surface area contributed by atoms with Gasteiger partial charge in [-0.2, -0.15) is 0 Å². The van der Waals surface area contributed by atoms with Crippen LogP contribution in [0, 0.1) is 0 Å². The summed E-state index contributed by atoms with van der Waals surface area (Å²) in [7, 11) is 0. The summed E-state index contributed by atoms with van der Waals surface area (Å²) in [4.78, 5) is 14.3. The van der Waals surface area contributed by atoms with Crippen molar-refractivity contribution < 1.29 is 9.53 Å². The maximum absolute atomic E-state index is 12.5. The van der Waals surface area contributed by atoms with E-state index in [0.29, 0.717) is 25.3 Å². The van der Waals surface area contributed by atoms with Gasteiger partial charge in [0, 0.05) is 31.8 Å². The van der Waals surface area contributed by atoms with Crippen molar-refractivity contribution in [2.24, 2.45) is 0 Å². The molecule has 2 saturated heterocycles. The topological polar surface area (TPSA) is 72.3 Å². The second-order valence-corrected chi connectivity index (χ2v) is 6.50. The molecule has 21 heavy (non-hydrogen) atoms. The van der Waals surface area contributed by atoms with Crippen molar-refractivity contribution in [3.8, 4) is 0 Å². The van der Waals surface area contributed by atoms with Crippen molar-refractivity contribution >= 4 is 5.91 Å². The summed E-state index contributed by atoms with van der Waals surface area (Å²) in [6, 6.07) is 0. The number of ether oxygens (including phenoxy) is 1. The number of rotatable bonds is 3. The molecule has 0 radical (unpaired) electrons. The lowest BCUT2D eigenvalue weighted by molar-refractivity contribution is 0.0646. The van der Waals surface area contributed by atoms with Gasteiger partial charge in [0.25, 0.3) is 5.91 Å². The zero-order valence-corrected chi connectivity index (χ0v) is 12.7. The molecule has 0 aliphatic carbocycles. The van der Waals surface area contributed by atoms with Crippen LogP contribution in [0.2, 0.25) is 0 Å². The van der Waals surface area contributed by atoms with Crippen LogP contribution in [0.1, 0.15) is 37.2 Å². The minimum atomic E-state index is -0.0540. The Hall–Kier alpha value is -1.47. The number of hydrogen-bond acceptors (Lipinski definition) is 5. The third-order valence-corrected chi connectivity index (χ3v) is 4.03. The van der Waals surface area contributed by atoms with Gasteiger partial charge in [0.2, 0.25) is 0 Å². The first-order chi connectivity index (χ1) is 10.0. The highest BCUT2D eigenvalue weighted by atomic mass is 16.5. The van der Waals surface area contributed by atoms with E-state index in [1.54, 1.807) is 10.9 Å². The number of amides is 1. The van der Waals surface area contributed by atoms with Gasteiger partial charge in [0.05, 0.1) is 18.8 Å². The number of nitrogens with zero attached hydrogens (tertiary/aromatic N) is 4. The second-order valence-electron chi connectivity index (χ2n) is 6.50. The number of nitrogens with one attached hydrogen (secondary N) is 1. The van der Waals surface area contributed by atoms with Gasteiger partial charge in [-0.15, -0.1) is 5.10 Å². The summed E-state index contributed by atoms with van der Waals surface area (Å²) in [5, 5.41) is 11.5. The molecule has 1 atom stereocenters. The summed E-state index contributed by atoms with van der Waals surface area (Å²) in [6.45, 7) is 7.89. The largest absolute Gasteiger partial charge is 0.376 e. The van der Waals surface area contributed by atoms with Gasteiger partial charge >= 0.3 is 0 Å². The molecular weight excluding hydrogens is 270 g/mol. The molecule has 3 heterocycles. The van der Waals surface area contributed by atoms with Crippen LogP contribution in [0.15, 0.2) is 6.20 Å². The Labute approximate surface area is 124 Å². The third kappa shape index (κ3) is 3.41. The normalized spacial score (nSPS) is 25.2. The molecule has 7 heteroatoms. The molecule has 2 fully saturated rings. The van der Waals surface area contributed by atoms with Crippen LogP contribution < -0.4 is 5.32 Å². The van der Waals surface area contributed by atoms with E-state index in [4.69, 9.17) is 4.74 Å². The minimum Gasteiger partial charge on any atom is -0.376 e. The zero-order chi connectivity index (χ0) is 14.9. The lowest BCUT2D eigenvalue weighted by Crippen LogP contribution is -2.58. The average Bonchev–Trinajstić information content (AvgIpc) is 3.09. The number of carbonyl (C=O) groups excluding carboxylic acids is 1. The predicted molar refractivity (Wildman–Crippen MR) is 77.0 cm³/mol. The summed E-state index contributed by atoms with van der Waals surface area (Å²) in [6.07, 6.45) is 4.09. The van der Waals surface area contributed by atoms with Gasteiger partial charge in [-0.05, 0) is 26.7 Å². The number of carbonyl (C=O) groups is 1. The Morgan fingerprint density at radius 2 is 2.43 bits per heavy atom. The standard InChI is InChI=1S/C14H23N5O2/c1-14(2)10-18(6-5-15-14)13(20)12-9-19(17-16-12)8-11-4-3-7-21-11/h9,11,15H,3-8,10H2,1-2H3. The second kappa shape index (κ2) is 5.73. The summed E-state index contributed by atoms with van der Waals surface area (Å²) >= 11 is 0. The smallest absolute Gasteiger partial charge is 0.276 e. The zero-order valence-electron chi connectivity index (χ0n) is 12.7. The first-order valence-corrected chi connectivity index (χ1v) is 7.59. The van der Waals surface area contributed by atoms with E-state index < -0.39 is 0 Å². The first-order valence-electron chi connectivity index (χ1n) is 7.59. The van der Waals surface area contributed by atoms with E-state index in [1.165, 1.54) is 0 Å². The molecule has 1 aromatic heterocycles. The van der Waals surface area contributed by atoms with Crippen molar-refractivity contribution in [3.05, 3.63) is 11.9 Å². The van der Waals surface area contributed by atoms with Crippen LogP contribution in [0.5, 0.6) is 0 Å². The third-order valence-electron chi connectivity index (χ3n) is 4.03. The maximum Gasteiger partial charge on any atom is 0.276 e. The minimum absolute atomic E-state index is 0.0387. The van der Waals surface area contributed by atoms with Gasteiger partial charge in [0.1, 0.15) is 0 Å². The Kier molecular flexibility index (Phi) is 3.95. The molecule has 0 spiro atoms. The van der Waals surface area contributed by atoms with Crippen LogP contribution >= 0.6 is 0 Å². The SMILES string of the molecule is CC1(C)CN(C(=O)c2cn(CC3CCCO3)nn2)CCN1. The Bertz CT molecular complexity index is 507. The van der Waals surface area contributed by atoms with Gasteiger partial charge < -0.3 is 15.0 Å². The van der Waals surface area contributed by atoms with E-state index in [9.17, 15) is 4.79 Å². The fourth-order valence-corrected chi connectivity index (χ4v) is 2.96. The van der Waals surface area contributed by atoms with Gasteiger partial charge in [0.15, 0.2) is 5.69 Å². The molecule has 1 unspecified atom stereocenters. The molecule has 0 saturated carbocycles. The molecular formula is C14H23N5O2. The van der Waals surface area contributed by atoms with Crippen molar-refractivity contribution in [2.75, 3.05) is 26.2 Å². The van der Waals surface area contributed by atoms with Crippen LogP contribution in [0.25, 0.3) is 0 Å². The van der Waals surface area contributed by atoms with Crippen molar-refractivity contribution in [3.63, 3.8) is 0 Å². The molecule has 1 N–H and O–H groups in total. The molecule has 116 valence electrons. The Morgan fingerprint density at radius 1 is 1.57 bits per heavy atom. The summed E-state index contributed by atoms with van der Waals surface area (Å²) in [5.41, 5.74) is 0.368. The average molecular weight is 293 g/mol. The highest BCUT2D eigenvalue weighted by Crippen LogP contribution is 2.15. The molecule has 2 aliphatic heterocycles. The van der Waals surface area contributed by atoms with Gasteiger partial charge in [-0.3, -0.25) is 4.79 Å². The molecule has 1 aromatic rings. The van der Waals surface area contributed by atoms with Crippen LogP contribution in [0.4, 0.5) is 0 Å². The van der Waals surface area contributed by atoms with Crippen molar-refractivity contribution in [2.45, 2.75) is 44.9 Å². The lowest BCUT2D eigenvalue weighted by Gasteiger charge is -2.38. The summed E-state index contributed by atoms with van der Waals surface area (Å²) in [5.74, 6) is -0.0387. The Balaban J connectivity index is 1.63. The van der Waals surface area contributed by atoms with E-state index in [1.807, 2.05) is 4.90 Å². The molecule has 1 amide bonds. The lowest BCUT2D eigenvalue weighted by atomic mass is 10.0. The van der Waals surface area contributed by atoms with Gasteiger partial charge in [-0.25, -0.2) is 4.68 Å². The molecule has 0 aromatic carbocycles. The predicted octanol–water partition coefficient (Wildman–Crippen LogP) is 0.281. The van der Waals surface area contributed by atoms with Gasteiger partial charge in [-0.1, -0.05) is 5.21 Å². The number of piperazine rings is 1. The van der Waals surface area contributed by atoms with E-state index >= 15 is 0 Å². The highest BCUT2D eigenvalue weighted by molar-refractivity contribution is 5.92. The fraction of sp³-hybridized carbons (Fsp3) is 0.786. The highest BCUT2D eigenvalue weighted by Gasteiger charge is 2.30. The van der Waals surface area contributed by atoms with Crippen LogP contribution in [0.3, 0.4) is 0 Å². The monoisotopic (exact) mass is 293 g/mol. The maximum atomic E-state index is 12.5. The quantitative estimate of drug-likeness (QED) is 0.867. The fourth-order valence-electron chi connectivity index (χ4n) is 2.96. The Morgan fingerprint density at radius 3 is 3.14 bits per heavy atom. The van der Waals surface area contributed by atoms with Crippen LogP contribution in [-0.4, -0.2) is 63.7 Å². The number of aromatic nitrogens is 3. The molecule has 7 nitrogen and oxygen atoms in total. The number of hydrogen-bond donors (Lipinski definition) is 1. The first kappa shape index (κ1) is 14.5. The van der Waals surface area contributed by atoms with E-state index in [-0.39, 0.29) is 17.6 Å². The van der Waals surface area contributed by atoms with Crippen molar-refractivity contribution in [1.82, 2.24) is 25.2 Å². The van der Waals surface area contributed by atoms with Crippen molar-refractivity contribution in [1.29, 1.82) is 0 Å². The summed E-state index contributed by atoms with van der Waals surface area (Å²) < 4.78 is 7.30. The van der Waals surface area contributed by atoms with E-state index in [0.717, 1.165) is 26.0 Å². The molecule has 3 rings (SSSR count).